The van der Waals surface area contributed by atoms with Crippen molar-refractivity contribution >= 4 is 0 Å². The van der Waals surface area contributed by atoms with E-state index in [1.165, 1.54) is 24.3 Å². The van der Waals surface area contributed by atoms with Crippen molar-refractivity contribution in [3.63, 3.8) is 0 Å². The molecule has 0 radical (unpaired) electrons. The molecule has 2 aromatic heterocycles. The van der Waals surface area contributed by atoms with E-state index in [0.29, 0.717) is 29.7 Å². The first-order valence-electron chi connectivity index (χ1n) is 10.2. The van der Waals surface area contributed by atoms with Crippen LogP contribution in [0.2, 0.25) is 0 Å². The number of nitrogens with zero attached hydrogens (tertiary/aromatic N) is 4. The summed E-state index contributed by atoms with van der Waals surface area (Å²) in [5, 5.41) is 4.03. The molecule has 1 aliphatic rings. The third-order valence-corrected chi connectivity index (χ3v) is 5.41. The summed E-state index contributed by atoms with van der Waals surface area (Å²) in [5.74, 6) is 0.909. The highest BCUT2D eigenvalue weighted by Gasteiger charge is 2.27. The van der Waals surface area contributed by atoms with E-state index in [2.05, 4.69) is 20.0 Å². The third kappa shape index (κ3) is 4.39. The molecule has 6 nitrogen and oxygen atoms in total. The van der Waals surface area contributed by atoms with Crippen molar-refractivity contribution in [1.29, 1.82) is 0 Å². The molecule has 4 aromatic rings. The lowest BCUT2D eigenvalue weighted by atomic mass is 9.98. The van der Waals surface area contributed by atoms with Crippen LogP contribution in [0.15, 0.2) is 63.7 Å². The maximum atomic E-state index is 13.5. The summed E-state index contributed by atoms with van der Waals surface area (Å²) in [6, 6.07) is 12.2. The zero-order valence-corrected chi connectivity index (χ0v) is 16.7. The fourth-order valence-corrected chi connectivity index (χ4v) is 3.88. The van der Waals surface area contributed by atoms with Crippen LogP contribution in [0.3, 0.4) is 0 Å². The van der Waals surface area contributed by atoms with Gasteiger partial charge >= 0.3 is 0 Å². The Hall–Kier alpha value is -3.39. The van der Waals surface area contributed by atoms with Crippen molar-refractivity contribution in [2.45, 2.75) is 25.3 Å². The Labute approximate surface area is 177 Å². The highest BCUT2D eigenvalue weighted by atomic mass is 19.1. The third-order valence-electron chi connectivity index (χ3n) is 5.41. The molecule has 0 saturated carbocycles. The van der Waals surface area contributed by atoms with Crippen LogP contribution >= 0.6 is 0 Å². The number of rotatable bonds is 5. The summed E-state index contributed by atoms with van der Waals surface area (Å²) in [5.41, 5.74) is 2.14. The van der Waals surface area contributed by atoms with E-state index < -0.39 is 0 Å². The maximum absolute atomic E-state index is 13.5. The standard InChI is InChI=1S/C23H20F2N4O2/c24-18-8-6-15(7-9-18)22-26-20(14-30-22)13-29-10-2-4-17(12-29)23-27-21(28-31-23)16-3-1-5-19(25)11-16/h1,3,5-9,11,14,17H,2,4,10,12-13H2. The highest BCUT2D eigenvalue weighted by Crippen LogP contribution is 2.29. The number of hydrogen-bond acceptors (Lipinski definition) is 6. The normalized spacial score (nSPS) is 17.2. The molecule has 0 aliphatic carbocycles. The van der Waals surface area contributed by atoms with Gasteiger partial charge in [-0.3, -0.25) is 4.90 Å². The van der Waals surface area contributed by atoms with Gasteiger partial charge in [-0.05, 0) is 55.8 Å². The van der Waals surface area contributed by atoms with Crippen molar-refractivity contribution in [3.8, 4) is 22.8 Å². The number of piperidine rings is 1. The number of benzene rings is 2. The fraction of sp³-hybridized carbons (Fsp3) is 0.261. The quantitative estimate of drug-likeness (QED) is 0.448. The summed E-state index contributed by atoms with van der Waals surface area (Å²) in [7, 11) is 0. The molecule has 31 heavy (non-hydrogen) atoms. The van der Waals surface area contributed by atoms with Crippen molar-refractivity contribution in [2.24, 2.45) is 0 Å². The predicted molar refractivity (Wildman–Crippen MR) is 109 cm³/mol. The summed E-state index contributed by atoms with van der Waals surface area (Å²) in [6.07, 6.45) is 3.57. The monoisotopic (exact) mass is 422 g/mol. The van der Waals surface area contributed by atoms with Gasteiger partial charge < -0.3 is 8.94 Å². The first kappa shape index (κ1) is 19.6. The van der Waals surface area contributed by atoms with Crippen molar-refractivity contribution in [2.75, 3.05) is 13.1 Å². The smallest absolute Gasteiger partial charge is 0.231 e. The molecule has 1 fully saturated rings. The Morgan fingerprint density at radius 3 is 2.71 bits per heavy atom. The van der Waals surface area contributed by atoms with Gasteiger partial charge in [0.15, 0.2) is 0 Å². The zero-order chi connectivity index (χ0) is 21.2. The van der Waals surface area contributed by atoms with Crippen molar-refractivity contribution < 1.29 is 17.7 Å². The van der Waals surface area contributed by atoms with Gasteiger partial charge in [0.05, 0.1) is 11.6 Å². The number of hydrogen-bond donors (Lipinski definition) is 0. The van der Waals surface area contributed by atoms with Crippen LogP contribution in [0.1, 0.15) is 30.3 Å². The summed E-state index contributed by atoms with van der Waals surface area (Å²) in [4.78, 5) is 11.3. The van der Waals surface area contributed by atoms with E-state index in [-0.39, 0.29) is 17.6 Å². The van der Waals surface area contributed by atoms with Gasteiger partial charge in [-0.25, -0.2) is 13.8 Å². The van der Waals surface area contributed by atoms with Gasteiger partial charge in [-0.2, -0.15) is 4.98 Å². The SMILES string of the molecule is Fc1ccc(-c2nc(CN3CCCC(c4nc(-c5cccc(F)c5)no4)C3)co2)cc1. The Balaban J connectivity index is 1.25. The molecule has 3 heterocycles. The second-order valence-electron chi connectivity index (χ2n) is 7.69. The average Bonchev–Trinajstić information content (AvgIpc) is 3.45. The van der Waals surface area contributed by atoms with Gasteiger partial charge in [-0.15, -0.1) is 0 Å². The second-order valence-corrected chi connectivity index (χ2v) is 7.69. The van der Waals surface area contributed by atoms with E-state index in [9.17, 15) is 8.78 Å². The fourth-order valence-electron chi connectivity index (χ4n) is 3.88. The lowest BCUT2D eigenvalue weighted by Gasteiger charge is -2.30. The zero-order valence-electron chi connectivity index (χ0n) is 16.7. The van der Waals surface area contributed by atoms with Gasteiger partial charge in [0.25, 0.3) is 0 Å². The topological polar surface area (TPSA) is 68.2 Å². The molecule has 1 atom stereocenters. The molecule has 0 amide bonds. The minimum Gasteiger partial charge on any atom is -0.444 e. The Morgan fingerprint density at radius 2 is 1.87 bits per heavy atom. The van der Waals surface area contributed by atoms with Crippen LogP contribution in [0.5, 0.6) is 0 Å². The molecule has 0 bridgehead atoms. The van der Waals surface area contributed by atoms with Gasteiger partial charge in [0, 0.05) is 24.2 Å². The maximum Gasteiger partial charge on any atom is 0.231 e. The number of aromatic nitrogens is 3. The molecule has 1 saturated heterocycles. The van der Waals surface area contributed by atoms with E-state index in [1.54, 1.807) is 30.5 Å². The Morgan fingerprint density at radius 1 is 1.00 bits per heavy atom. The first-order chi connectivity index (χ1) is 15.1. The minimum atomic E-state index is -0.333. The number of halogens is 2. The van der Waals surface area contributed by atoms with Crippen molar-refractivity contribution in [3.05, 3.63) is 78.0 Å². The highest BCUT2D eigenvalue weighted by molar-refractivity contribution is 5.54. The molecule has 5 rings (SSSR count). The molecule has 1 aliphatic heterocycles. The van der Waals surface area contributed by atoms with Crippen LogP contribution in [-0.4, -0.2) is 33.1 Å². The predicted octanol–water partition coefficient (Wildman–Crippen LogP) is 5.05. The van der Waals surface area contributed by atoms with E-state index >= 15 is 0 Å². The molecular formula is C23H20F2N4O2. The van der Waals surface area contributed by atoms with Crippen LogP contribution in [0.4, 0.5) is 8.78 Å². The lowest BCUT2D eigenvalue weighted by molar-refractivity contribution is 0.178. The Bertz CT molecular complexity index is 1170. The largest absolute Gasteiger partial charge is 0.444 e. The van der Waals surface area contributed by atoms with Crippen LogP contribution in [-0.2, 0) is 6.54 Å². The molecular weight excluding hydrogens is 402 g/mol. The van der Waals surface area contributed by atoms with Crippen molar-refractivity contribution in [1.82, 2.24) is 20.0 Å². The van der Waals surface area contributed by atoms with E-state index in [0.717, 1.165) is 37.2 Å². The first-order valence-corrected chi connectivity index (χ1v) is 10.2. The van der Waals surface area contributed by atoms with Crippen LogP contribution in [0, 0.1) is 11.6 Å². The van der Waals surface area contributed by atoms with Crippen LogP contribution in [0.25, 0.3) is 22.8 Å². The average molecular weight is 422 g/mol. The van der Waals surface area contributed by atoms with E-state index in [1.807, 2.05) is 0 Å². The molecule has 2 aromatic carbocycles. The second kappa shape index (κ2) is 8.39. The van der Waals surface area contributed by atoms with E-state index in [4.69, 9.17) is 8.94 Å². The van der Waals surface area contributed by atoms with Gasteiger partial charge in [-0.1, -0.05) is 17.3 Å². The number of oxazole rings is 1. The number of likely N-dealkylation sites (tertiary alicyclic amines) is 1. The lowest BCUT2D eigenvalue weighted by Crippen LogP contribution is -2.34. The molecule has 8 heteroatoms. The Kier molecular flexibility index (Phi) is 5.30. The molecule has 1 unspecified atom stereocenters. The van der Waals surface area contributed by atoms with Gasteiger partial charge in [0.1, 0.15) is 17.9 Å². The summed E-state index contributed by atoms with van der Waals surface area (Å²) < 4.78 is 37.7. The summed E-state index contributed by atoms with van der Waals surface area (Å²) in [6.45, 7) is 2.32. The molecule has 158 valence electrons. The molecule has 0 spiro atoms. The van der Waals surface area contributed by atoms with Gasteiger partial charge in [0.2, 0.25) is 17.6 Å². The minimum absolute atomic E-state index is 0.104. The van der Waals surface area contributed by atoms with Crippen LogP contribution < -0.4 is 0 Å². The summed E-state index contributed by atoms with van der Waals surface area (Å²) >= 11 is 0. The molecule has 0 N–H and O–H groups in total.